The molecule has 1 aliphatic heterocycles. The van der Waals surface area contributed by atoms with Crippen LogP contribution in [0.4, 0.5) is 0 Å². The molecule has 20 heavy (non-hydrogen) atoms. The maximum Gasteiger partial charge on any atom is 0.192 e. The van der Waals surface area contributed by atoms with E-state index in [1.54, 1.807) is 18.5 Å². The zero-order chi connectivity index (χ0) is 13.9. The molecule has 4 heteroatoms. The van der Waals surface area contributed by atoms with Gasteiger partial charge in [0.15, 0.2) is 5.78 Å². The minimum atomic E-state index is 0.0221. The van der Waals surface area contributed by atoms with Crippen molar-refractivity contribution in [3.63, 3.8) is 0 Å². The molecule has 2 aromatic rings. The summed E-state index contributed by atoms with van der Waals surface area (Å²) < 4.78 is 6.57. The van der Waals surface area contributed by atoms with Crippen molar-refractivity contribution >= 4 is 27.8 Å². The van der Waals surface area contributed by atoms with E-state index in [0.29, 0.717) is 24.3 Å². The highest BCUT2D eigenvalue weighted by molar-refractivity contribution is 9.10. The second-order valence-corrected chi connectivity index (χ2v) is 5.44. The van der Waals surface area contributed by atoms with Crippen LogP contribution in [0, 0.1) is 0 Å². The van der Waals surface area contributed by atoms with Gasteiger partial charge in [0.05, 0.1) is 12.2 Å². The van der Waals surface area contributed by atoms with Gasteiger partial charge in [-0.2, -0.15) is 0 Å². The lowest BCUT2D eigenvalue weighted by molar-refractivity contribution is 0.103. The van der Waals surface area contributed by atoms with Crippen LogP contribution in [0.25, 0.3) is 6.08 Å². The molecular formula is C16H12BrNO2. The lowest BCUT2D eigenvalue weighted by Crippen LogP contribution is -2.02. The second kappa shape index (κ2) is 5.59. The molecule has 0 radical (unpaired) electrons. The normalized spacial score (nSPS) is 16.4. The first-order valence-electron chi connectivity index (χ1n) is 6.32. The Bertz CT molecular complexity index is 680. The SMILES string of the molecule is O=C1/C(=C/c2cccnc2)CCOc2cc(Br)ccc21. The fourth-order valence-electron chi connectivity index (χ4n) is 2.16. The van der Waals surface area contributed by atoms with Crippen molar-refractivity contribution in [1.29, 1.82) is 0 Å². The number of hydrogen-bond donors (Lipinski definition) is 0. The molecule has 2 heterocycles. The standard InChI is InChI=1S/C16H12BrNO2/c17-13-3-4-14-15(9-13)20-7-5-12(16(14)19)8-11-2-1-6-18-10-11/h1-4,6,8-10H,5,7H2/b12-8+. The van der Waals surface area contributed by atoms with E-state index in [1.165, 1.54) is 0 Å². The number of ether oxygens (including phenoxy) is 1. The first-order valence-corrected chi connectivity index (χ1v) is 7.11. The molecular weight excluding hydrogens is 318 g/mol. The van der Waals surface area contributed by atoms with Gasteiger partial charge in [0, 0.05) is 28.9 Å². The lowest BCUT2D eigenvalue weighted by Gasteiger charge is -2.05. The van der Waals surface area contributed by atoms with E-state index in [2.05, 4.69) is 20.9 Å². The predicted molar refractivity (Wildman–Crippen MR) is 80.8 cm³/mol. The van der Waals surface area contributed by atoms with Crippen LogP contribution >= 0.6 is 15.9 Å². The largest absolute Gasteiger partial charge is 0.492 e. The van der Waals surface area contributed by atoms with Crippen LogP contribution in [-0.4, -0.2) is 17.4 Å². The van der Waals surface area contributed by atoms with Gasteiger partial charge in [0.2, 0.25) is 0 Å². The van der Waals surface area contributed by atoms with E-state index in [9.17, 15) is 4.79 Å². The van der Waals surface area contributed by atoms with Gasteiger partial charge < -0.3 is 4.74 Å². The highest BCUT2D eigenvalue weighted by Gasteiger charge is 2.21. The maximum atomic E-state index is 12.6. The van der Waals surface area contributed by atoms with Crippen molar-refractivity contribution in [2.45, 2.75) is 6.42 Å². The Hall–Kier alpha value is -1.94. The van der Waals surface area contributed by atoms with Gasteiger partial charge in [-0.25, -0.2) is 0 Å². The molecule has 1 aromatic carbocycles. The van der Waals surface area contributed by atoms with Crippen LogP contribution in [0.15, 0.2) is 52.8 Å². The number of rotatable bonds is 1. The van der Waals surface area contributed by atoms with Crippen molar-refractivity contribution in [3.05, 3.63) is 63.9 Å². The Morgan fingerprint density at radius 3 is 3.00 bits per heavy atom. The number of Topliss-reactive ketones (excluding diaryl/α,β-unsaturated/α-hetero) is 1. The molecule has 100 valence electrons. The average molecular weight is 330 g/mol. The Morgan fingerprint density at radius 2 is 2.20 bits per heavy atom. The van der Waals surface area contributed by atoms with Crippen LogP contribution in [0.5, 0.6) is 5.75 Å². The molecule has 1 aliphatic rings. The topological polar surface area (TPSA) is 39.2 Å². The molecule has 0 atom stereocenters. The van der Waals surface area contributed by atoms with E-state index in [4.69, 9.17) is 4.74 Å². The average Bonchev–Trinajstić information content (AvgIpc) is 2.60. The number of nitrogens with zero attached hydrogens (tertiary/aromatic N) is 1. The summed E-state index contributed by atoms with van der Waals surface area (Å²) in [6.45, 7) is 0.501. The third-order valence-corrected chi connectivity index (χ3v) is 3.63. The second-order valence-electron chi connectivity index (χ2n) is 4.52. The van der Waals surface area contributed by atoms with E-state index >= 15 is 0 Å². The van der Waals surface area contributed by atoms with E-state index in [1.807, 2.05) is 30.3 Å². The number of benzene rings is 1. The number of fused-ring (bicyclic) bond motifs is 1. The van der Waals surface area contributed by atoms with Gasteiger partial charge >= 0.3 is 0 Å². The molecule has 1 aromatic heterocycles. The highest BCUT2D eigenvalue weighted by Crippen LogP contribution is 2.30. The van der Waals surface area contributed by atoms with Gasteiger partial charge in [0.25, 0.3) is 0 Å². The van der Waals surface area contributed by atoms with Crippen LogP contribution < -0.4 is 4.74 Å². The smallest absolute Gasteiger partial charge is 0.192 e. The highest BCUT2D eigenvalue weighted by atomic mass is 79.9. The molecule has 0 saturated heterocycles. The number of carbonyl (C=O) groups excluding carboxylic acids is 1. The number of hydrogen-bond acceptors (Lipinski definition) is 3. The summed E-state index contributed by atoms with van der Waals surface area (Å²) in [5.74, 6) is 0.660. The fourth-order valence-corrected chi connectivity index (χ4v) is 2.50. The number of ketones is 1. The van der Waals surface area contributed by atoms with Gasteiger partial charge in [-0.05, 0) is 35.9 Å². The van der Waals surface area contributed by atoms with Gasteiger partial charge in [-0.15, -0.1) is 0 Å². The van der Waals surface area contributed by atoms with Crippen LogP contribution in [0.2, 0.25) is 0 Å². The summed E-state index contributed by atoms with van der Waals surface area (Å²) in [5.41, 5.74) is 2.29. The van der Waals surface area contributed by atoms with Crippen molar-refractivity contribution in [2.24, 2.45) is 0 Å². The molecule has 3 nitrogen and oxygen atoms in total. The summed E-state index contributed by atoms with van der Waals surface area (Å²) in [6, 6.07) is 9.27. The fraction of sp³-hybridized carbons (Fsp3) is 0.125. The Labute approximate surface area is 125 Å². The summed E-state index contributed by atoms with van der Waals surface area (Å²) in [6.07, 6.45) is 5.94. The van der Waals surface area contributed by atoms with Gasteiger partial charge in [-0.1, -0.05) is 22.0 Å². The van der Waals surface area contributed by atoms with Gasteiger partial charge in [0.1, 0.15) is 5.75 Å². The number of pyridine rings is 1. The molecule has 0 amide bonds. The van der Waals surface area contributed by atoms with Crippen LogP contribution in [0.1, 0.15) is 22.3 Å². The third kappa shape index (κ3) is 2.65. The monoisotopic (exact) mass is 329 g/mol. The molecule has 0 unspecified atom stereocenters. The molecule has 0 bridgehead atoms. The zero-order valence-corrected chi connectivity index (χ0v) is 12.3. The lowest BCUT2D eigenvalue weighted by atomic mass is 9.99. The van der Waals surface area contributed by atoms with Crippen molar-refractivity contribution < 1.29 is 9.53 Å². The van der Waals surface area contributed by atoms with Crippen molar-refractivity contribution in [2.75, 3.05) is 6.61 Å². The Morgan fingerprint density at radius 1 is 1.30 bits per heavy atom. The minimum Gasteiger partial charge on any atom is -0.492 e. The first-order chi connectivity index (χ1) is 9.74. The summed E-state index contributed by atoms with van der Waals surface area (Å²) in [5, 5.41) is 0. The maximum absolute atomic E-state index is 12.6. The van der Waals surface area contributed by atoms with Crippen molar-refractivity contribution in [3.8, 4) is 5.75 Å². The van der Waals surface area contributed by atoms with Crippen molar-refractivity contribution in [1.82, 2.24) is 4.98 Å². The van der Waals surface area contributed by atoms with E-state index < -0.39 is 0 Å². The molecule has 0 spiro atoms. The number of aromatic nitrogens is 1. The summed E-state index contributed by atoms with van der Waals surface area (Å²) in [7, 11) is 0. The van der Waals surface area contributed by atoms with E-state index in [0.717, 1.165) is 15.6 Å². The Kier molecular flexibility index (Phi) is 3.65. The quantitative estimate of drug-likeness (QED) is 0.745. The number of carbonyl (C=O) groups is 1. The summed E-state index contributed by atoms with van der Waals surface area (Å²) >= 11 is 3.39. The summed E-state index contributed by atoms with van der Waals surface area (Å²) in [4.78, 5) is 16.6. The molecule has 3 rings (SSSR count). The molecule has 0 fully saturated rings. The molecule has 0 saturated carbocycles. The molecule has 0 N–H and O–H groups in total. The zero-order valence-electron chi connectivity index (χ0n) is 10.7. The number of halogens is 1. The third-order valence-electron chi connectivity index (χ3n) is 3.13. The Balaban J connectivity index is 2.01. The van der Waals surface area contributed by atoms with Gasteiger partial charge in [-0.3, -0.25) is 9.78 Å². The first kappa shape index (κ1) is 13.1. The minimum absolute atomic E-state index is 0.0221. The van der Waals surface area contributed by atoms with E-state index in [-0.39, 0.29) is 5.78 Å². The van der Waals surface area contributed by atoms with Crippen LogP contribution in [-0.2, 0) is 0 Å². The molecule has 0 aliphatic carbocycles. The predicted octanol–water partition coefficient (Wildman–Crippen LogP) is 3.89. The van der Waals surface area contributed by atoms with Crippen LogP contribution in [0.3, 0.4) is 0 Å².